The van der Waals surface area contributed by atoms with Gasteiger partial charge in [0.2, 0.25) is 0 Å². The van der Waals surface area contributed by atoms with Crippen molar-refractivity contribution < 1.29 is 9.90 Å². The molecule has 3 heteroatoms. The second kappa shape index (κ2) is 4.61. The Hall–Kier alpha value is -0.570. The van der Waals surface area contributed by atoms with E-state index in [9.17, 15) is 4.79 Å². The van der Waals surface area contributed by atoms with Gasteiger partial charge >= 0.3 is 5.97 Å². The van der Waals surface area contributed by atoms with Crippen LogP contribution in [-0.2, 0) is 4.79 Å². The van der Waals surface area contributed by atoms with Crippen molar-refractivity contribution in [3.63, 3.8) is 0 Å². The quantitative estimate of drug-likeness (QED) is 0.723. The van der Waals surface area contributed by atoms with Crippen molar-refractivity contribution in [3.05, 3.63) is 0 Å². The van der Waals surface area contributed by atoms with E-state index in [2.05, 4.69) is 18.7 Å². The molecule has 0 radical (unpaired) electrons. The Labute approximate surface area is 79.7 Å². The number of carboxylic acid groups (broad SMARTS) is 1. The smallest absolute Gasteiger partial charge is 0.304 e. The molecule has 0 saturated carbocycles. The molecule has 1 saturated heterocycles. The summed E-state index contributed by atoms with van der Waals surface area (Å²) in [6, 6.07) is 0.292. The first-order valence-corrected chi connectivity index (χ1v) is 5.05. The molecule has 0 unspecified atom stereocenters. The molecule has 1 aliphatic rings. The lowest BCUT2D eigenvalue weighted by atomic mass is 10.1. The number of hydrogen-bond donors (Lipinski definition) is 1. The van der Waals surface area contributed by atoms with Gasteiger partial charge in [-0.2, -0.15) is 0 Å². The zero-order chi connectivity index (χ0) is 9.84. The summed E-state index contributed by atoms with van der Waals surface area (Å²) in [5.41, 5.74) is 0. The Morgan fingerprint density at radius 3 is 2.85 bits per heavy atom. The molecule has 1 rings (SSSR count). The van der Waals surface area contributed by atoms with Crippen molar-refractivity contribution in [2.24, 2.45) is 5.92 Å². The maximum Gasteiger partial charge on any atom is 0.304 e. The first-order valence-electron chi connectivity index (χ1n) is 5.05. The first-order chi connectivity index (χ1) is 6.09. The average molecular weight is 185 g/mol. The van der Waals surface area contributed by atoms with E-state index < -0.39 is 5.97 Å². The number of rotatable bonds is 4. The molecule has 1 heterocycles. The van der Waals surface area contributed by atoms with Crippen molar-refractivity contribution in [1.29, 1.82) is 0 Å². The predicted octanol–water partition coefficient (Wildman–Crippen LogP) is 1.58. The molecule has 0 bridgehead atoms. The molecule has 1 fully saturated rings. The molecule has 13 heavy (non-hydrogen) atoms. The molecule has 0 aromatic rings. The van der Waals surface area contributed by atoms with Gasteiger partial charge in [-0.3, -0.25) is 9.69 Å². The van der Waals surface area contributed by atoms with Crippen molar-refractivity contribution in [1.82, 2.24) is 4.90 Å². The van der Waals surface area contributed by atoms with E-state index in [4.69, 9.17) is 5.11 Å². The van der Waals surface area contributed by atoms with E-state index in [1.807, 2.05) is 0 Å². The molecular weight excluding hydrogens is 166 g/mol. The number of nitrogens with zero attached hydrogens (tertiary/aromatic N) is 1. The zero-order valence-electron chi connectivity index (χ0n) is 8.49. The van der Waals surface area contributed by atoms with Gasteiger partial charge in [-0.25, -0.2) is 0 Å². The molecule has 1 N–H and O–H groups in total. The standard InChI is InChI=1S/C10H19NO2/c1-8(2)7-11-5-3-4-9(11)6-10(12)13/h8-9H,3-7H2,1-2H3,(H,12,13)/t9-/m0/s1. The highest BCUT2D eigenvalue weighted by Gasteiger charge is 2.26. The summed E-state index contributed by atoms with van der Waals surface area (Å²) in [5.74, 6) is -0.0324. The Morgan fingerprint density at radius 2 is 2.31 bits per heavy atom. The fourth-order valence-electron chi connectivity index (χ4n) is 2.04. The molecule has 1 aliphatic heterocycles. The lowest BCUT2D eigenvalue weighted by molar-refractivity contribution is -0.138. The van der Waals surface area contributed by atoms with Crippen LogP contribution in [0.4, 0.5) is 0 Å². The van der Waals surface area contributed by atoms with E-state index >= 15 is 0 Å². The highest BCUT2D eigenvalue weighted by Crippen LogP contribution is 2.20. The third kappa shape index (κ3) is 3.35. The van der Waals surface area contributed by atoms with Crippen molar-refractivity contribution in [3.8, 4) is 0 Å². The summed E-state index contributed by atoms with van der Waals surface area (Å²) in [5, 5.41) is 8.70. The van der Waals surface area contributed by atoms with Crippen LogP contribution < -0.4 is 0 Å². The number of likely N-dealkylation sites (tertiary alicyclic amines) is 1. The molecule has 3 nitrogen and oxygen atoms in total. The van der Waals surface area contributed by atoms with Gasteiger partial charge in [0.05, 0.1) is 6.42 Å². The normalized spacial score (nSPS) is 24.1. The van der Waals surface area contributed by atoms with Crippen LogP contribution in [0.1, 0.15) is 33.1 Å². The molecule has 0 aliphatic carbocycles. The van der Waals surface area contributed by atoms with Crippen LogP contribution in [0.2, 0.25) is 0 Å². The average Bonchev–Trinajstić information content (AvgIpc) is 2.34. The molecule has 0 aromatic heterocycles. The Morgan fingerprint density at radius 1 is 1.62 bits per heavy atom. The Kier molecular flexibility index (Phi) is 3.72. The first kappa shape index (κ1) is 10.5. The molecule has 1 atom stereocenters. The monoisotopic (exact) mass is 185 g/mol. The van der Waals surface area contributed by atoms with Gasteiger partial charge in [0.1, 0.15) is 0 Å². The summed E-state index contributed by atoms with van der Waals surface area (Å²) in [6.45, 7) is 6.47. The maximum absolute atomic E-state index is 10.6. The maximum atomic E-state index is 10.6. The SMILES string of the molecule is CC(C)CN1CCC[C@H]1CC(=O)O. The van der Waals surface area contributed by atoms with Gasteiger partial charge in [-0.15, -0.1) is 0 Å². The minimum Gasteiger partial charge on any atom is -0.481 e. The lowest BCUT2D eigenvalue weighted by Crippen LogP contribution is -2.34. The van der Waals surface area contributed by atoms with E-state index in [0.29, 0.717) is 18.4 Å². The highest BCUT2D eigenvalue weighted by molar-refractivity contribution is 5.67. The fraction of sp³-hybridized carbons (Fsp3) is 0.900. The van der Waals surface area contributed by atoms with E-state index in [0.717, 1.165) is 25.9 Å². The predicted molar refractivity (Wildman–Crippen MR) is 51.7 cm³/mol. The summed E-state index contributed by atoms with van der Waals surface area (Å²) in [4.78, 5) is 12.9. The second-order valence-electron chi connectivity index (χ2n) is 4.28. The van der Waals surface area contributed by atoms with E-state index in [1.165, 1.54) is 0 Å². The molecule has 76 valence electrons. The summed E-state index contributed by atoms with van der Waals surface area (Å²) in [6.07, 6.45) is 2.52. The lowest BCUT2D eigenvalue weighted by Gasteiger charge is -2.24. The van der Waals surface area contributed by atoms with Gasteiger partial charge in [0, 0.05) is 12.6 Å². The van der Waals surface area contributed by atoms with Crippen molar-refractivity contribution in [2.45, 2.75) is 39.2 Å². The van der Waals surface area contributed by atoms with Crippen LogP contribution in [0.25, 0.3) is 0 Å². The zero-order valence-corrected chi connectivity index (χ0v) is 8.49. The third-order valence-corrected chi connectivity index (χ3v) is 2.51. The Balaban J connectivity index is 2.39. The number of hydrogen-bond acceptors (Lipinski definition) is 2. The van der Waals surface area contributed by atoms with Crippen LogP contribution in [0.3, 0.4) is 0 Å². The minimum atomic E-state index is -0.666. The van der Waals surface area contributed by atoms with Gasteiger partial charge in [-0.05, 0) is 25.3 Å². The number of carbonyl (C=O) groups is 1. The summed E-state index contributed by atoms with van der Waals surface area (Å²) < 4.78 is 0. The fourth-order valence-corrected chi connectivity index (χ4v) is 2.04. The number of aliphatic carboxylic acids is 1. The van der Waals surface area contributed by atoms with E-state index in [-0.39, 0.29) is 0 Å². The van der Waals surface area contributed by atoms with Crippen LogP contribution in [0.15, 0.2) is 0 Å². The van der Waals surface area contributed by atoms with E-state index in [1.54, 1.807) is 0 Å². The largest absolute Gasteiger partial charge is 0.481 e. The highest BCUT2D eigenvalue weighted by atomic mass is 16.4. The van der Waals surface area contributed by atoms with Gasteiger partial charge in [0.15, 0.2) is 0 Å². The Bertz CT molecular complexity index is 180. The topological polar surface area (TPSA) is 40.5 Å². The van der Waals surface area contributed by atoms with Crippen molar-refractivity contribution >= 4 is 5.97 Å². The minimum absolute atomic E-state index is 0.292. The molecule has 0 spiro atoms. The molecule has 0 aromatic carbocycles. The summed E-state index contributed by atoms with van der Waals surface area (Å²) >= 11 is 0. The molecule has 0 amide bonds. The van der Waals surface area contributed by atoms with Crippen LogP contribution >= 0.6 is 0 Å². The van der Waals surface area contributed by atoms with Crippen LogP contribution in [-0.4, -0.2) is 35.1 Å². The van der Waals surface area contributed by atoms with Gasteiger partial charge in [0.25, 0.3) is 0 Å². The summed E-state index contributed by atoms with van der Waals surface area (Å²) in [7, 11) is 0. The third-order valence-electron chi connectivity index (χ3n) is 2.51. The van der Waals surface area contributed by atoms with Crippen LogP contribution in [0, 0.1) is 5.92 Å². The van der Waals surface area contributed by atoms with Gasteiger partial charge in [-0.1, -0.05) is 13.8 Å². The molecular formula is C10H19NO2. The van der Waals surface area contributed by atoms with Crippen molar-refractivity contribution in [2.75, 3.05) is 13.1 Å². The second-order valence-corrected chi connectivity index (χ2v) is 4.28. The van der Waals surface area contributed by atoms with Gasteiger partial charge < -0.3 is 5.11 Å². The number of carboxylic acids is 1. The van der Waals surface area contributed by atoms with Crippen LogP contribution in [0.5, 0.6) is 0 Å².